The Kier molecular flexibility index (Phi) is 5.07. The van der Waals surface area contributed by atoms with Crippen LogP contribution >= 0.6 is 0 Å². The molecule has 1 aliphatic rings. The molecule has 0 saturated heterocycles. The molecule has 1 amide bonds. The number of amides is 1. The summed E-state index contributed by atoms with van der Waals surface area (Å²) in [4.78, 5) is 15.4. The highest BCUT2D eigenvalue weighted by Crippen LogP contribution is 2.37. The molecule has 0 radical (unpaired) electrons. The van der Waals surface area contributed by atoms with Crippen LogP contribution in [0.25, 0.3) is 11.6 Å². The van der Waals surface area contributed by atoms with Crippen LogP contribution in [0, 0.1) is 17.7 Å². The van der Waals surface area contributed by atoms with Gasteiger partial charge in [0.2, 0.25) is 0 Å². The fourth-order valence-corrected chi connectivity index (χ4v) is 2.70. The molecule has 0 fully saturated rings. The van der Waals surface area contributed by atoms with Crippen LogP contribution in [0.15, 0.2) is 24.4 Å². The fraction of sp³-hybridized carbons (Fsp3) is 0.211. The van der Waals surface area contributed by atoms with Gasteiger partial charge in [0.1, 0.15) is 11.6 Å². The first-order valence-corrected chi connectivity index (χ1v) is 7.96. The van der Waals surface area contributed by atoms with Crippen molar-refractivity contribution in [3.63, 3.8) is 0 Å². The van der Waals surface area contributed by atoms with E-state index in [4.69, 9.17) is 4.74 Å². The Morgan fingerprint density at radius 2 is 2.23 bits per heavy atom. The van der Waals surface area contributed by atoms with E-state index >= 15 is 0 Å². The van der Waals surface area contributed by atoms with Crippen LogP contribution in [-0.2, 0) is 4.79 Å². The van der Waals surface area contributed by atoms with Gasteiger partial charge in [0, 0.05) is 11.8 Å². The van der Waals surface area contributed by atoms with Crippen molar-refractivity contribution >= 4 is 23.2 Å². The lowest BCUT2D eigenvalue weighted by atomic mass is 9.99. The maximum atomic E-state index is 14.4. The molecule has 7 heteroatoms. The van der Waals surface area contributed by atoms with E-state index in [1.165, 1.54) is 19.2 Å². The van der Waals surface area contributed by atoms with E-state index in [9.17, 15) is 14.3 Å². The Bertz CT molecular complexity index is 933. The summed E-state index contributed by atoms with van der Waals surface area (Å²) in [6.07, 6.45) is 3.29. The zero-order valence-electron chi connectivity index (χ0n) is 14.3. The minimum Gasteiger partial charge on any atom is -0.495 e. The average Bonchev–Trinajstić information content (AvgIpc) is 3.22. The van der Waals surface area contributed by atoms with Crippen molar-refractivity contribution in [3.8, 4) is 17.6 Å². The number of hydrogen-bond donors (Lipinski definition) is 4. The third-order valence-corrected chi connectivity index (χ3v) is 4.07. The first kappa shape index (κ1) is 17.7. The number of aliphatic hydroxyl groups excluding tert-OH is 1. The number of aliphatic hydroxyl groups is 1. The van der Waals surface area contributed by atoms with Crippen molar-refractivity contribution in [3.05, 3.63) is 47.0 Å². The topological polar surface area (TPSA) is 86.4 Å². The van der Waals surface area contributed by atoms with Crippen LogP contribution in [0.1, 0.15) is 16.8 Å². The van der Waals surface area contributed by atoms with Gasteiger partial charge in [0.25, 0.3) is 5.91 Å². The number of aromatic nitrogens is 1. The number of carbonyl (C=O) groups is 1. The monoisotopic (exact) mass is 355 g/mol. The summed E-state index contributed by atoms with van der Waals surface area (Å²) < 4.78 is 19.7. The molecule has 3 rings (SSSR count). The number of hydrogen-bond acceptors (Lipinski definition) is 4. The predicted molar refractivity (Wildman–Crippen MR) is 97.1 cm³/mol. The quantitative estimate of drug-likeness (QED) is 0.496. The van der Waals surface area contributed by atoms with E-state index in [0.29, 0.717) is 22.7 Å². The molecule has 0 aliphatic carbocycles. The molecule has 1 aromatic heterocycles. The second-order valence-electron chi connectivity index (χ2n) is 5.61. The first-order chi connectivity index (χ1) is 12.6. The number of likely N-dealkylation sites (N-methyl/N-ethyl adjacent to an activating group) is 1. The molecule has 0 bridgehead atoms. The number of fused-ring (bicyclic) bond motifs is 1. The zero-order valence-corrected chi connectivity index (χ0v) is 14.3. The molecule has 134 valence electrons. The summed E-state index contributed by atoms with van der Waals surface area (Å²) in [5.41, 5.74) is 1.87. The second-order valence-corrected chi connectivity index (χ2v) is 5.61. The maximum absolute atomic E-state index is 14.4. The molecule has 6 nitrogen and oxygen atoms in total. The Labute approximate surface area is 150 Å². The number of H-pyrrole nitrogens is 1. The normalized spacial score (nSPS) is 15.2. The number of halogens is 1. The number of anilines is 1. The Morgan fingerprint density at radius 1 is 1.42 bits per heavy atom. The predicted octanol–water partition coefficient (Wildman–Crippen LogP) is 1.59. The fourth-order valence-electron chi connectivity index (χ4n) is 2.70. The third-order valence-electron chi connectivity index (χ3n) is 4.07. The lowest BCUT2D eigenvalue weighted by molar-refractivity contribution is -0.110. The van der Waals surface area contributed by atoms with Gasteiger partial charge in [-0.3, -0.25) is 4.79 Å². The molecule has 1 aromatic carbocycles. The Morgan fingerprint density at radius 3 is 2.92 bits per heavy atom. The van der Waals surface area contributed by atoms with Gasteiger partial charge in [-0.1, -0.05) is 11.8 Å². The van der Waals surface area contributed by atoms with Crippen molar-refractivity contribution in [2.24, 2.45) is 0 Å². The summed E-state index contributed by atoms with van der Waals surface area (Å²) in [5, 5.41) is 14.8. The molecule has 26 heavy (non-hydrogen) atoms. The number of aromatic amines is 1. The standard InChI is InChI=1S/C19H18FN3O3/c1-21-11(10-24)3-4-12-14(20)5-6-15-18(12)13(19(25)23-15)9-16-17(26-2)7-8-22-16/h5-9,11,21-22,24H,10H2,1-2H3,(H,23,25)/b13-9-. The van der Waals surface area contributed by atoms with Gasteiger partial charge >= 0.3 is 0 Å². The summed E-state index contributed by atoms with van der Waals surface area (Å²) in [5.74, 6) is 5.21. The maximum Gasteiger partial charge on any atom is 0.256 e. The van der Waals surface area contributed by atoms with Crippen LogP contribution in [0.3, 0.4) is 0 Å². The SMILES string of the molecule is CNC(C#Cc1c(F)ccc2c1/C(=C/c1[nH]ccc1OC)C(=O)N2)CO. The summed E-state index contributed by atoms with van der Waals surface area (Å²) in [7, 11) is 3.17. The van der Waals surface area contributed by atoms with E-state index in [-0.39, 0.29) is 23.7 Å². The number of ether oxygens (including phenoxy) is 1. The number of benzene rings is 1. The molecule has 1 aliphatic heterocycles. The van der Waals surface area contributed by atoms with E-state index < -0.39 is 11.9 Å². The number of methoxy groups -OCH3 is 1. The Hall–Kier alpha value is -3.08. The van der Waals surface area contributed by atoms with Crippen molar-refractivity contribution in [1.29, 1.82) is 0 Å². The minimum absolute atomic E-state index is 0.103. The van der Waals surface area contributed by atoms with E-state index in [1.807, 2.05) is 0 Å². The molecule has 0 spiro atoms. The molecule has 1 unspecified atom stereocenters. The second kappa shape index (κ2) is 7.44. The van der Waals surface area contributed by atoms with Gasteiger partial charge in [-0.25, -0.2) is 4.39 Å². The van der Waals surface area contributed by atoms with Crippen molar-refractivity contribution in [2.75, 3.05) is 26.1 Å². The molecule has 2 heterocycles. The lowest BCUT2D eigenvalue weighted by Crippen LogP contribution is -2.27. The van der Waals surface area contributed by atoms with Gasteiger partial charge < -0.3 is 25.5 Å². The summed E-state index contributed by atoms with van der Waals surface area (Å²) >= 11 is 0. The van der Waals surface area contributed by atoms with Crippen molar-refractivity contribution < 1.29 is 19.0 Å². The highest BCUT2D eigenvalue weighted by molar-refractivity contribution is 6.35. The number of rotatable bonds is 4. The van der Waals surface area contributed by atoms with Gasteiger partial charge in [0.15, 0.2) is 0 Å². The summed E-state index contributed by atoms with van der Waals surface area (Å²) in [6, 6.07) is 3.99. The molecule has 0 saturated carbocycles. The molecular formula is C19H18FN3O3. The number of carbonyl (C=O) groups excluding carboxylic acids is 1. The highest BCUT2D eigenvalue weighted by atomic mass is 19.1. The van der Waals surface area contributed by atoms with Crippen LogP contribution in [0.5, 0.6) is 5.75 Å². The van der Waals surface area contributed by atoms with Gasteiger partial charge in [0.05, 0.1) is 42.3 Å². The van der Waals surface area contributed by atoms with E-state index in [2.05, 4.69) is 27.5 Å². The van der Waals surface area contributed by atoms with Gasteiger partial charge in [-0.2, -0.15) is 0 Å². The highest BCUT2D eigenvalue weighted by Gasteiger charge is 2.29. The first-order valence-electron chi connectivity index (χ1n) is 7.96. The van der Waals surface area contributed by atoms with Gasteiger partial charge in [-0.05, 0) is 31.3 Å². The average molecular weight is 355 g/mol. The summed E-state index contributed by atoms with van der Waals surface area (Å²) in [6.45, 7) is -0.209. The molecular weight excluding hydrogens is 337 g/mol. The molecule has 4 N–H and O–H groups in total. The largest absolute Gasteiger partial charge is 0.495 e. The van der Waals surface area contributed by atoms with Crippen LogP contribution in [-0.4, -0.2) is 42.8 Å². The van der Waals surface area contributed by atoms with Crippen LogP contribution < -0.4 is 15.4 Å². The number of nitrogens with one attached hydrogen (secondary N) is 3. The van der Waals surface area contributed by atoms with Crippen LogP contribution in [0.4, 0.5) is 10.1 Å². The van der Waals surface area contributed by atoms with E-state index in [0.717, 1.165) is 0 Å². The Balaban J connectivity index is 2.14. The lowest BCUT2D eigenvalue weighted by Gasteiger charge is -2.06. The van der Waals surface area contributed by atoms with Gasteiger partial charge in [-0.15, -0.1) is 0 Å². The van der Waals surface area contributed by atoms with Crippen molar-refractivity contribution in [2.45, 2.75) is 6.04 Å². The molecule has 2 aromatic rings. The minimum atomic E-state index is -0.537. The third kappa shape index (κ3) is 3.20. The van der Waals surface area contributed by atoms with E-state index in [1.54, 1.807) is 25.4 Å². The van der Waals surface area contributed by atoms with Crippen LogP contribution in [0.2, 0.25) is 0 Å². The van der Waals surface area contributed by atoms with Crippen molar-refractivity contribution in [1.82, 2.24) is 10.3 Å². The zero-order chi connectivity index (χ0) is 18.7. The smallest absolute Gasteiger partial charge is 0.256 e. The molecule has 1 atom stereocenters.